The number of alkyl carbamates (subject to hydrolysis) is 1. The Balaban J connectivity index is 1.32. The second-order valence-corrected chi connectivity index (χ2v) is 16.7. The number of carbonyl (C=O) groups excluding carboxylic acids is 6. The number of aliphatic carboxylic acids is 1. The summed E-state index contributed by atoms with van der Waals surface area (Å²) in [7, 11) is 1.25. The van der Waals surface area contributed by atoms with Crippen LogP contribution < -0.4 is 21.1 Å². The minimum Gasteiger partial charge on any atom is -0.480 e. The van der Waals surface area contributed by atoms with Crippen LogP contribution in [0.3, 0.4) is 0 Å². The molecule has 0 aromatic heterocycles. The molecule has 15 heteroatoms. The number of benzene rings is 4. The smallest absolute Gasteiger partial charge is 0.407 e. The number of esters is 2. The highest BCUT2D eigenvalue weighted by Crippen LogP contribution is 2.39. The molecule has 4 aromatic carbocycles. The van der Waals surface area contributed by atoms with E-state index in [2.05, 4.69) is 16.1 Å². The monoisotopic (exact) mass is 874 g/mol. The number of ether oxygens (including phenoxy) is 3. The Morgan fingerprint density at radius 2 is 1.50 bits per heavy atom. The van der Waals surface area contributed by atoms with Gasteiger partial charge in [0.1, 0.15) is 24.8 Å². The van der Waals surface area contributed by atoms with E-state index in [1.807, 2.05) is 62.4 Å². The van der Waals surface area contributed by atoms with Crippen molar-refractivity contribution >= 4 is 53.5 Å². The summed E-state index contributed by atoms with van der Waals surface area (Å²) >= 11 is 0. The van der Waals surface area contributed by atoms with Crippen molar-refractivity contribution < 1.29 is 52.9 Å². The fourth-order valence-corrected chi connectivity index (χ4v) is 6.99. The van der Waals surface area contributed by atoms with Crippen molar-refractivity contribution in [3.63, 3.8) is 0 Å². The number of anilines is 1. The van der Waals surface area contributed by atoms with Crippen LogP contribution >= 0.6 is 0 Å². The van der Waals surface area contributed by atoms with Crippen LogP contribution in [0.1, 0.15) is 96.9 Å². The zero-order valence-corrected chi connectivity index (χ0v) is 36.8. The van der Waals surface area contributed by atoms with Crippen molar-refractivity contribution in [3.8, 4) is 11.1 Å². The summed E-state index contributed by atoms with van der Waals surface area (Å²) in [6, 6.07) is 24.8. The highest BCUT2D eigenvalue weighted by Gasteiger charge is 2.29. The lowest BCUT2D eigenvalue weighted by Crippen LogP contribution is -2.50. The molecule has 2 atom stereocenters. The van der Waals surface area contributed by atoms with E-state index >= 15 is 0 Å². The minimum absolute atomic E-state index is 0.00884. The molecule has 0 saturated carbocycles. The number of fused-ring (bicyclic) bond motifs is 3. The lowest BCUT2D eigenvalue weighted by molar-refractivity contribution is -0.157. The Hall–Kier alpha value is -7.29. The quantitative estimate of drug-likeness (QED) is 0.0424. The van der Waals surface area contributed by atoms with E-state index in [1.54, 1.807) is 51.1 Å². The summed E-state index contributed by atoms with van der Waals surface area (Å²) in [6.07, 6.45) is 3.39. The molecule has 0 spiro atoms. The third kappa shape index (κ3) is 13.6. The average molecular weight is 875 g/mol. The fraction of sp³-hybridized carbons (Fsp3) is 0.327. The van der Waals surface area contributed by atoms with Gasteiger partial charge in [-0.15, -0.1) is 0 Å². The van der Waals surface area contributed by atoms with Crippen LogP contribution in [0.15, 0.2) is 97.1 Å². The van der Waals surface area contributed by atoms with Gasteiger partial charge in [-0.05, 0) is 116 Å². The topological polar surface area (TPSA) is 207 Å². The lowest BCUT2D eigenvalue weighted by Gasteiger charge is -2.24. The van der Waals surface area contributed by atoms with Gasteiger partial charge in [0.05, 0.1) is 30.7 Å². The van der Waals surface area contributed by atoms with E-state index in [9.17, 15) is 38.7 Å². The SMILES string of the molecule is COC(=O)c1ccc(C(=O)NN(C(=O)CNC(=O)OCc2ccccc2)c2ccc3c(c2)Cc2cc(/C=C/C[C@H](CC(=O)OC(C)(C)C)C(=O)N[C@@H](CC(C)C)C(=O)O)ccc2-3)cc1. The van der Waals surface area contributed by atoms with E-state index < -0.39 is 65.8 Å². The molecule has 0 aliphatic heterocycles. The first kappa shape index (κ1) is 47.8. The maximum Gasteiger partial charge on any atom is 0.407 e. The molecule has 0 radical (unpaired) electrons. The van der Waals surface area contributed by atoms with Crippen LogP contribution in [0.2, 0.25) is 0 Å². The summed E-state index contributed by atoms with van der Waals surface area (Å²) in [6.45, 7) is 8.39. The van der Waals surface area contributed by atoms with Gasteiger partial charge in [0.25, 0.3) is 11.8 Å². The summed E-state index contributed by atoms with van der Waals surface area (Å²) in [5.74, 6) is -5.04. The van der Waals surface area contributed by atoms with Crippen molar-refractivity contribution in [2.75, 3.05) is 18.7 Å². The van der Waals surface area contributed by atoms with Crippen molar-refractivity contribution in [3.05, 3.63) is 130 Å². The normalized spacial score (nSPS) is 12.6. The average Bonchev–Trinajstić information content (AvgIpc) is 3.62. The summed E-state index contributed by atoms with van der Waals surface area (Å²) in [5, 5.41) is 15.8. The molecule has 4 aromatic rings. The predicted molar refractivity (Wildman–Crippen MR) is 239 cm³/mol. The Morgan fingerprint density at radius 1 is 0.844 bits per heavy atom. The van der Waals surface area contributed by atoms with E-state index in [-0.39, 0.29) is 42.9 Å². The van der Waals surface area contributed by atoms with Gasteiger partial charge in [-0.2, -0.15) is 0 Å². The van der Waals surface area contributed by atoms with Gasteiger partial charge >= 0.3 is 24.0 Å². The van der Waals surface area contributed by atoms with Gasteiger partial charge in [0.15, 0.2) is 0 Å². The number of allylic oxidation sites excluding steroid dienone is 1. The van der Waals surface area contributed by atoms with E-state index in [4.69, 9.17) is 14.2 Å². The second-order valence-electron chi connectivity index (χ2n) is 16.7. The highest BCUT2D eigenvalue weighted by atomic mass is 16.6. The minimum atomic E-state index is -1.15. The molecule has 0 fully saturated rings. The number of rotatable bonds is 17. The first-order valence-corrected chi connectivity index (χ1v) is 20.9. The van der Waals surface area contributed by atoms with E-state index in [1.165, 1.54) is 31.4 Å². The molecule has 5 rings (SSSR count). The molecule has 64 heavy (non-hydrogen) atoms. The van der Waals surface area contributed by atoms with Crippen molar-refractivity contribution in [1.29, 1.82) is 0 Å². The molecule has 0 saturated heterocycles. The number of methoxy groups -OCH3 is 1. The van der Waals surface area contributed by atoms with Crippen LogP contribution in [-0.2, 0) is 46.4 Å². The molecule has 4 amide bonds. The second kappa shape index (κ2) is 21.7. The molecule has 0 bridgehead atoms. The molecular formula is C49H54N4O11. The van der Waals surface area contributed by atoms with Gasteiger partial charge in [-0.1, -0.05) is 80.6 Å². The number of hydrazine groups is 1. The van der Waals surface area contributed by atoms with Gasteiger partial charge in [-0.3, -0.25) is 24.6 Å². The third-order valence-corrected chi connectivity index (χ3v) is 10.0. The van der Waals surface area contributed by atoms with Crippen molar-refractivity contribution in [2.24, 2.45) is 11.8 Å². The van der Waals surface area contributed by atoms with E-state index in [0.717, 1.165) is 38.4 Å². The number of carboxylic acid groups (broad SMARTS) is 1. The van der Waals surface area contributed by atoms with Crippen LogP contribution in [0.5, 0.6) is 0 Å². The largest absolute Gasteiger partial charge is 0.480 e. The first-order chi connectivity index (χ1) is 30.4. The maximum atomic E-state index is 13.8. The number of hydrogen-bond acceptors (Lipinski definition) is 10. The van der Waals surface area contributed by atoms with Crippen LogP contribution in [0.25, 0.3) is 17.2 Å². The molecule has 336 valence electrons. The third-order valence-electron chi connectivity index (χ3n) is 10.0. The molecular weight excluding hydrogens is 821 g/mol. The first-order valence-electron chi connectivity index (χ1n) is 20.9. The maximum absolute atomic E-state index is 13.8. The summed E-state index contributed by atoms with van der Waals surface area (Å²) < 4.78 is 15.5. The zero-order valence-electron chi connectivity index (χ0n) is 36.8. The van der Waals surface area contributed by atoms with Crippen LogP contribution in [-0.4, -0.2) is 72.1 Å². The lowest BCUT2D eigenvalue weighted by atomic mass is 9.97. The molecule has 0 unspecified atom stereocenters. The fourth-order valence-electron chi connectivity index (χ4n) is 6.99. The Morgan fingerprint density at radius 3 is 2.14 bits per heavy atom. The molecule has 4 N–H and O–H groups in total. The van der Waals surface area contributed by atoms with Crippen molar-refractivity contribution in [1.82, 2.24) is 16.1 Å². The van der Waals surface area contributed by atoms with Gasteiger partial charge in [0.2, 0.25) is 5.91 Å². The van der Waals surface area contributed by atoms with E-state index in [0.29, 0.717) is 12.1 Å². The molecule has 1 aliphatic carbocycles. The van der Waals surface area contributed by atoms with Gasteiger partial charge in [0, 0.05) is 5.56 Å². The van der Waals surface area contributed by atoms with Gasteiger partial charge < -0.3 is 30.0 Å². The summed E-state index contributed by atoms with van der Waals surface area (Å²) in [4.78, 5) is 89.9. The number of nitrogens with zero attached hydrogens (tertiary/aromatic N) is 1. The number of carboxylic acids is 1. The Labute approximate surface area is 372 Å². The van der Waals surface area contributed by atoms with Crippen LogP contribution in [0.4, 0.5) is 10.5 Å². The van der Waals surface area contributed by atoms with Crippen LogP contribution in [0, 0.1) is 11.8 Å². The van der Waals surface area contributed by atoms with Gasteiger partial charge in [-0.25, -0.2) is 19.4 Å². The Bertz CT molecular complexity index is 2390. The van der Waals surface area contributed by atoms with Crippen molar-refractivity contribution in [2.45, 2.75) is 78.6 Å². The Kier molecular flexibility index (Phi) is 16.2. The standard InChI is InChI=1S/C49H54N4O11/c1-30(2)23-41(46(58)59)51-44(56)35(27-43(55)64-49(3,4)5)14-10-13-31-15-21-39-36(24-31)25-37-26-38(20-22-40(37)39)53(52-45(57)33-16-18-34(19-17-33)47(60)62-6)42(54)28-50-48(61)63-29-32-11-8-7-9-12-32/h7-13,15-22,24,26,30,35,41H,14,23,25,27-29H2,1-6H3,(H,50,61)(H,51,56)(H,52,57)(H,58,59)/b13-10+/t35-,41+/m1/s1. The number of carbonyl (C=O) groups is 7. The highest BCUT2D eigenvalue weighted by molar-refractivity contribution is 6.03. The predicted octanol–water partition coefficient (Wildman–Crippen LogP) is 7.02. The molecule has 1 aliphatic rings. The summed E-state index contributed by atoms with van der Waals surface area (Å²) in [5.41, 5.74) is 7.88. The molecule has 15 nitrogen and oxygen atoms in total. The molecule has 0 heterocycles. The number of hydrogen-bond donors (Lipinski definition) is 4. The number of nitrogens with one attached hydrogen (secondary N) is 3. The zero-order chi connectivity index (χ0) is 46.6. The number of amides is 4.